The number of aromatic amines is 1. The Labute approximate surface area is 94.7 Å². The van der Waals surface area contributed by atoms with E-state index in [2.05, 4.69) is 54.4 Å². The van der Waals surface area contributed by atoms with Crippen molar-refractivity contribution in [3.05, 3.63) is 60.4 Å². The highest BCUT2D eigenvalue weighted by molar-refractivity contribution is 5.87. The lowest BCUT2D eigenvalue weighted by Crippen LogP contribution is -1.78. The lowest BCUT2D eigenvalue weighted by Gasteiger charge is -2.03. The van der Waals surface area contributed by atoms with E-state index < -0.39 is 0 Å². The standard InChI is InChI=1S/C15H13N/c1-11-3-2-4-12(7-11)13-5-6-14-9-16-10-15(14)8-13/h2-10,16H,1H3. The van der Waals surface area contributed by atoms with Gasteiger partial charge in [-0.25, -0.2) is 0 Å². The molecule has 0 saturated carbocycles. The van der Waals surface area contributed by atoms with Crippen molar-refractivity contribution in [3.8, 4) is 11.1 Å². The topological polar surface area (TPSA) is 15.8 Å². The van der Waals surface area contributed by atoms with Gasteiger partial charge in [0.25, 0.3) is 0 Å². The van der Waals surface area contributed by atoms with Crippen LogP contribution in [0.5, 0.6) is 0 Å². The van der Waals surface area contributed by atoms with Gasteiger partial charge in [0.1, 0.15) is 0 Å². The molecule has 0 saturated heterocycles. The molecule has 0 aliphatic rings. The molecule has 0 spiro atoms. The van der Waals surface area contributed by atoms with Crippen molar-refractivity contribution in [1.29, 1.82) is 0 Å². The Morgan fingerprint density at radius 1 is 0.812 bits per heavy atom. The summed E-state index contributed by atoms with van der Waals surface area (Å²) in [6, 6.07) is 15.1. The molecule has 16 heavy (non-hydrogen) atoms. The quantitative estimate of drug-likeness (QED) is 0.617. The number of hydrogen-bond acceptors (Lipinski definition) is 0. The number of aryl methyl sites for hydroxylation is 1. The van der Waals surface area contributed by atoms with Crippen LogP contribution in [0.2, 0.25) is 0 Å². The zero-order valence-electron chi connectivity index (χ0n) is 9.20. The van der Waals surface area contributed by atoms with Gasteiger partial charge in [0, 0.05) is 12.4 Å². The molecule has 1 nitrogen and oxygen atoms in total. The minimum Gasteiger partial charge on any atom is -0.366 e. The first-order valence-electron chi connectivity index (χ1n) is 5.46. The minimum absolute atomic E-state index is 1.26. The summed E-state index contributed by atoms with van der Waals surface area (Å²) >= 11 is 0. The predicted octanol–water partition coefficient (Wildman–Crippen LogP) is 4.14. The van der Waals surface area contributed by atoms with Crippen molar-refractivity contribution < 1.29 is 0 Å². The molecule has 1 aromatic heterocycles. The highest BCUT2D eigenvalue weighted by atomic mass is 14.6. The van der Waals surface area contributed by atoms with E-state index in [1.165, 1.54) is 27.5 Å². The molecule has 0 aliphatic carbocycles. The molecule has 3 aromatic rings. The number of fused-ring (bicyclic) bond motifs is 1. The van der Waals surface area contributed by atoms with Crippen molar-refractivity contribution in [2.24, 2.45) is 0 Å². The molecule has 0 aliphatic heterocycles. The van der Waals surface area contributed by atoms with E-state index in [9.17, 15) is 0 Å². The number of benzene rings is 2. The summed E-state index contributed by atoms with van der Waals surface area (Å²) in [6.45, 7) is 2.12. The molecule has 1 heterocycles. The van der Waals surface area contributed by atoms with Crippen LogP contribution in [0.4, 0.5) is 0 Å². The second kappa shape index (κ2) is 3.53. The van der Waals surface area contributed by atoms with Gasteiger partial charge in [-0.1, -0.05) is 42.0 Å². The van der Waals surface area contributed by atoms with Crippen molar-refractivity contribution in [2.75, 3.05) is 0 Å². The average molecular weight is 207 g/mol. The second-order valence-corrected chi connectivity index (χ2v) is 4.17. The molecule has 0 bridgehead atoms. The molecular weight excluding hydrogens is 194 g/mol. The van der Waals surface area contributed by atoms with E-state index in [-0.39, 0.29) is 0 Å². The smallest absolute Gasteiger partial charge is 0.00845 e. The largest absolute Gasteiger partial charge is 0.366 e. The molecule has 0 amide bonds. The van der Waals surface area contributed by atoms with E-state index in [4.69, 9.17) is 0 Å². The number of aromatic nitrogens is 1. The van der Waals surface area contributed by atoms with Gasteiger partial charge < -0.3 is 4.98 Å². The Kier molecular flexibility index (Phi) is 2.03. The van der Waals surface area contributed by atoms with Crippen LogP contribution in [0, 0.1) is 6.92 Å². The summed E-state index contributed by atoms with van der Waals surface area (Å²) in [5.74, 6) is 0. The number of nitrogens with one attached hydrogen (secondary N) is 1. The third-order valence-electron chi connectivity index (χ3n) is 2.92. The average Bonchev–Trinajstić information content (AvgIpc) is 2.75. The molecule has 0 atom stereocenters. The zero-order chi connectivity index (χ0) is 11.0. The summed E-state index contributed by atoms with van der Waals surface area (Å²) in [5.41, 5.74) is 3.85. The van der Waals surface area contributed by atoms with Gasteiger partial charge in [0.2, 0.25) is 0 Å². The summed E-state index contributed by atoms with van der Waals surface area (Å²) in [6.07, 6.45) is 4.06. The Morgan fingerprint density at radius 3 is 2.50 bits per heavy atom. The van der Waals surface area contributed by atoms with E-state index in [1.54, 1.807) is 0 Å². The molecule has 1 heteroatoms. The fourth-order valence-corrected chi connectivity index (χ4v) is 2.06. The van der Waals surface area contributed by atoms with Gasteiger partial charge >= 0.3 is 0 Å². The third-order valence-corrected chi connectivity index (χ3v) is 2.92. The van der Waals surface area contributed by atoms with Crippen molar-refractivity contribution in [1.82, 2.24) is 4.98 Å². The van der Waals surface area contributed by atoms with E-state index in [0.29, 0.717) is 0 Å². The van der Waals surface area contributed by atoms with Crippen LogP contribution >= 0.6 is 0 Å². The molecule has 0 fully saturated rings. The highest BCUT2D eigenvalue weighted by Gasteiger charge is 2.00. The van der Waals surface area contributed by atoms with Gasteiger partial charge in [0.05, 0.1) is 0 Å². The Morgan fingerprint density at radius 2 is 1.62 bits per heavy atom. The molecule has 2 aromatic carbocycles. The monoisotopic (exact) mass is 207 g/mol. The molecule has 0 unspecified atom stereocenters. The first kappa shape index (κ1) is 9.22. The lowest BCUT2D eigenvalue weighted by atomic mass is 10.0. The van der Waals surface area contributed by atoms with Crippen LogP contribution in [0.3, 0.4) is 0 Å². The summed E-state index contributed by atoms with van der Waals surface area (Å²) in [7, 11) is 0. The van der Waals surface area contributed by atoms with E-state index in [1.807, 2.05) is 12.4 Å². The summed E-state index contributed by atoms with van der Waals surface area (Å²) in [4.78, 5) is 3.13. The van der Waals surface area contributed by atoms with Crippen molar-refractivity contribution in [2.45, 2.75) is 6.92 Å². The predicted molar refractivity (Wildman–Crippen MR) is 68.5 cm³/mol. The Bertz CT molecular complexity index is 634. The summed E-state index contributed by atoms with van der Waals surface area (Å²) < 4.78 is 0. The highest BCUT2D eigenvalue weighted by Crippen LogP contribution is 2.24. The fraction of sp³-hybridized carbons (Fsp3) is 0.0667. The maximum Gasteiger partial charge on any atom is 0.00845 e. The van der Waals surface area contributed by atoms with Crippen LogP contribution in [-0.2, 0) is 0 Å². The maximum absolute atomic E-state index is 3.13. The van der Waals surface area contributed by atoms with Crippen molar-refractivity contribution in [3.63, 3.8) is 0 Å². The molecule has 1 N–H and O–H groups in total. The SMILES string of the molecule is Cc1cccc(-c2ccc3c[nH]cc3c2)c1. The first-order valence-corrected chi connectivity index (χ1v) is 5.46. The van der Waals surface area contributed by atoms with Crippen LogP contribution in [-0.4, -0.2) is 4.98 Å². The van der Waals surface area contributed by atoms with Gasteiger partial charge in [-0.05, 0) is 34.9 Å². The number of hydrogen-bond donors (Lipinski definition) is 1. The molecule has 0 radical (unpaired) electrons. The first-order chi connectivity index (χ1) is 7.83. The Hall–Kier alpha value is -2.02. The van der Waals surface area contributed by atoms with Gasteiger partial charge in [0.15, 0.2) is 0 Å². The molecule has 78 valence electrons. The number of rotatable bonds is 1. The summed E-state index contributed by atoms with van der Waals surface area (Å²) in [5, 5.41) is 2.52. The molecule has 3 rings (SSSR count). The Balaban J connectivity index is 2.18. The van der Waals surface area contributed by atoms with E-state index >= 15 is 0 Å². The second-order valence-electron chi connectivity index (χ2n) is 4.17. The van der Waals surface area contributed by atoms with Crippen LogP contribution in [0.1, 0.15) is 5.56 Å². The van der Waals surface area contributed by atoms with Crippen LogP contribution < -0.4 is 0 Å². The van der Waals surface area contributed by atoms with Crippen molar-refractivity contribution >= 4 is 10.8 Å². The van der Waals surface area contributed by atoms with Gasteiger partial charge in [-0.2, -0.15) is 0 Å². The third kappa shape index (κ3) is 1.50. The fourth-order valence-electron chi connectivity index (χ4n) is 2.06. The number of H-pyrrole nitrogens is 1. The van der Waals surface area contributed by atoms with Gasteiger partial charge in [-0.3, -0.25) is 0 Å². The van der Waals surface area contributed by atoms with Gasteiger partial charge in [-0.15, -0.1) is 0 Å². The van der Waals surface area contributed by atoms with E-state index in [0.717, 1.165) is 0 Å². The molecular formula is C15H13N. The van der Waals surface area contributed by atoms with Crippen LogP contribution in [0.25, 0.3) is 21.9 Å². The minimum atomic E-state index is 1.26. The lowest BCUT2D eigenvalue weighted by molar-refractivity contribution is 1.43. The maximum atomic E-state index is 3.13. The normalized spacial score (nSPS) is 10.8. The zero-order valence-corrected chi connectivity index (χ0v) is 9.20. The van der Waals surface area contributed by atoms with Crippen LogP contribution in [0.15, 0.2) is 54.9 Å².